The second-order valence-corrected chi connectivity index (χ2v) is 6.98. The maximum atomic E-state index is 12.3. The van der Waals surface area contributed by atoms with Crippen molar-refractivity contribution in [3.63, 3.8) is 0 Å². The van der Waals surface area contributed by atoms with Gasteiger partial charge in [-0.2, -0.15) is 0 Å². The quantitative estimate of drug-likeness (QED) is 0.890. The Kier molecular flexibility index (Phi) is 5.01. The average Bonchev–Trinajstić information content (AvgIpc) is 2.46. The molecule has 0 amide bonds. The minimum absolute atomic E-state index is 0.204. The van der Waals surface area contributed by atoms with Crippen LogP contribution in [0.4, 0.5) is 0 Å². The number of likely N-dealkylation sites (tertiary alicyclic amines) is 1. The lowest BCUT2D eigenvalue weighted by Crippen LogP contribution is -2.36. The SMILES string of the molecule is COc1ccccc1S(=O)(=O)NCC1CCN(C)CC1. The van der Waals surface area contributed by atoms with Crippen LogP contribution in [0, 0.1) is 5.92 Å². The van der Waals surface area contributed by atoms with Crippen molar-refractivity contribution in [1.29, 1.82) is 0 Å². The highest BCUT2D eigenvalue weighted by Gasteiger charge is 2.22. The molecule has 1 aromatic carbocycles. The van der Waals surface area contributed by atoms with Gasteiger partial charge in [-0.25, -0.2) is 13.1 Å². The van der Waals surface area contributed by atoms with Crippen LogP contribution in [0.2, 0.25) is 0 Å². The number of methoxy groups -OCH3 is 1. The molecule has 0 bridgehead atoms. The van der Waals surface area contributed by atoms with E-state index in [-0.39, 0.29) is 4.90 Å². The second kappa shape index (κ2) is 6.56. The number of hydrogen-bond acceptors (Lipinski definition) is 4. The number of para-hydroxylation sites is 1. The highest BCUT2D eigenvalue weighted by atomic mass is 32.2. The number of rotatable bonds is 5. The van der Waals surface area contributed by atoms with E-state index < -0.39 is 10.0 Å². The molecule has 1 N–H and O–H groups in total. The molecule has 2 rings (SSSR count). The summed E-state index contributed by atoms with van der Waals surface area (Å²) in [6.45, 7) is 2.55. The van der Waals surface area contributed by atoms with Gasteiger partial charge in [0, 0.05) is 6.54 Å². The first-order valence-corrected chi connectivity index (χ1v) is 8.32. The number of nitrogens with zero attached hydrogens (tertiary/aromatic N) is 1. The van der Waals surface area contributed by atoms with Crippen molar-refractivity contribution < 1.29 is 13.2 Å². The van der Waals surface area contributed by atoms with Gasteiger partial charge < -0.3 is 9.64 Å². The molecule has 0 aliphatic carbocycles. The molecule has 112 valence electrons. The van der Waals surface area contributed by atoms with Crippen molar-refractivity contribution in [2.24, 2.45) is 5.92 Å². The molecule has 5 nitrogen and oxygen atoms in total. The zero-order valence-electron chi connectivity index (χ0n) is 12.0. The van der Waals surface area contributed by atoms with Crippen LogP contribution in [0.25, 0.3) is 0 Å². The van der Waals surface area contributed by atoms with Crippen LogP contribution in [0.5, 0.6) is 5.75 Å². The first-order valence-electron chi connectivity index (χ1n) is 6.84. The Bertz CT molecular complexity index is 537. The molecule has 0 saturated carbocycles. The van der Waals surface area contributed by atoms with Crippen LogP contribution in [0.1, 0.15) is 12.8 Å². The Morgan fingerprint density at radius 3 is 2.60 bits per heavy atom. The molecule has 1 heterocycles. The first kappa shape index (κ1) is 15.3. The number of nitrogens with one attached hydrogen (secondary N) is 1. The third-order valence-electron chi connectivity index (χ3n) is 3.76. The highest BCUT2D eigenvalue weighted by Crippen LogP contribution is 2.23. The second-order valence-electron chi connectivity index (χ2n) is 5.25. The highest BCUT2D eigenvalue weighted by molar-refractivity contribution is 7.89. The molecule has 6 heteroatoms. The van der Waals surface area contributed by atoms with Crippen LogP contribution in [-0.4, -0.2) is 47.1 Å². The molecule has 0 radical (unpaired) electrons. The van der Waals surface area contributed by atoms with E-state index in [1.165, 1.54) is 7.11 Å². The van der Waals surface area contributed by atoms with Crippen LogP contribution in [0.3, 0.4) is 0 Å². The van der Waals surface area contributed by atoms with Gasteiger partial charge in [0.1, 0.15) is 10.6 Å². The molecule has 1 fully saturated rings. The van der Waals surface area contributed by atoms with Crippen molar-refractivity contribution in [3.05, 3.63) is 24.3 Å². The summed E-state index contributed by atoms with van der Waals surface area (Å²) in [4.78, 5) is 2.47. The Labute approximate surface area is 121 Å². The van der Waals surface area contributed by atoms with E-state index in [1.807, 2.05) is 0 Å². The molecule has 0 aromatic heterocycles. The van der Waals surface area contributed by atoms with Gasteiger partial charge in [0.05, 0.1) is 7.11 Å². The lowest BCUT2D eigenvalue weighted by atomic mass is 9.98. The normalized spacial score (nSPS) is 18.1. The van der Waals surface area contributed by atoms with Gasteiger partial charge in [0.25, 0.3) is 0 Å². The fourth-order valence-corrected chi connectivity index (χ4v) is 3.70. The van der Waals surface area contributed by atoms with Gasteiger partial charge in [-0.05, 0) is 51.0 Å². The third kappa shape index (κ3) is 3.71. The first-order chi connectivity index (χ1) is 9.53. The fourth-order valence-electron chi connectivity index (χ4n) is 2.41. The van der Waals surface area contributed by atoms with Crippen molar-refractivity contribution >= 4 is 10.0 Å². The maximum Gasteiger partial charge on any atom is 0.244 e. The van der Waals surface area contributed by atoms with Crippen molar-refractivity contribution in [2.75, 3.05) is 33.8 Å². The van der Waals surface area contributed by atoms with Gasteiger partial charge in [-0.1, -0.05) is 12.1 Å². The van der Waals surface area contributed by atoms with E-state index >= 15 is 0 Å². The summed E-state index contributed by atoms with van der Waals surface area (Å²) in [5.74, 6) is 0.791. The monoisotopic (exact) mass is 298 g/mol. The summed E-state index contributed by atoms with van der Waals surface area (Å²) in [5, 5.41) is 0. The van der Waals surface area contributed by atoms with Gasteiger partial charge in [0.15, 0.2) is 0 Å². The Morgan fingerprint density at radius 1 is 1.30 bits per heavy atom. The maximum absolute atomic E-state index is 12.3. The number of ether oxygens (including phenoxy) is 1. The van der Waals surface area contributed by atoms with Crippen molar-refractivity contribution in [1.82, 2.24) is 9.62 Å². The number of hydrogen-bond donors (Lipinski definition) is 1. The summed E-state index contributed by atoms with van der Waals surface area (Å²) in [5.41, 5.74) is 0. The summed E-state index contributed by atoms with van der Waals surface area (Å²) < 4.78 is 32.5. The van der Waals surface area contributed by atoms with Crippen LogP contribution >= 0.6 is 0 Å². The lowest BCUT2D eigenvalue weighted by molar-refractivity contribution is 0.220. The molecule has 20 heavy (non-hydrogen) atoms. The summed E-state index contributed by atoms with van der Waals surface area (Å²) in [6.07, 6.45) is 2.07. The Hall–Kier alpha value is -1.11. The van der Waals surface area contributed by atoms with E-state index in [0.29, 0.717) is 18.2 Å². The van der Waals surface area contributed by atoms with Gasteiger partial charge in [-0.3, -0.25) is 0 Å². The molecule has 0 spiro atoms. The molecule has 1 aromatic rings. The zero-order valence-corrected chi connectivity index (χ0v) is 12.8. The number of benzene rings is 1. The standard InChI is InChI=1S/C14H22N2O3S/c1-16-9-7-12(8-10-16)11-15-20(17,18)14-6-4-3-5-13(14)19-2/h3-6,12,15H,7-11H2,1-2H3. The molecule has 1 aliphatic heterocycles. The zero-order chi connectivity index (χ0) is 14.6. The minimum Gasteiger partial charge on any atom is -0.495 e. The van der Waals surface area contributed by atoms with Gasteiger partial charge in [-0.15, -0.1) is 0 Å². The van der Waals surface area contributed by atoms with Crippen LogP contribution in [-0.2, 0) is 10.0 Å². The summed E-state index contributed by atoms with van der Waals surface area (Å²) in [6, 6.07) is 6.68. The predicted molar refractivity (Wildman–Crippen MR) is 78.4 cm³/mol. The van der Waals surface area contributed by atoms with E-state index in [0.717, 1.165) is 25.9 Å². The van der Waals surface area contributed by atoms with Crippen molar-refractivity contribution in [3.8, 4) is 5.75 Å². The topological polar surface area (TPSA) is 58.6 Å². The minimum atomic E-state index is -3.50. The van der Waals surface area contributed by atoms with Crippen LogP contribution < -0.4 is 9.46 Å². The van der Waals surface area contributed by atoms with Gasteiger partial charge in [0.2, 0.25) is 10.0 Å². The van der Waals surface area contributed by atoms with E-state index in [4.69, 9.17) is 4.74 Å². The average molecular weight is 298 g/mol. The predicted octanol–water partition coefficient (Wildman–Crippen LogP) is 1.32. The molecule has 0 unspecified atom stereocenters. The smallest absolute Gasteiger partial charge is 0.244 e. The molecular formula is C14H22N2O3S. The number of sulfonamides is 1. The number of piperidine rings is 1. The fraction of sp³-hybridized carbons (Fsp3) is 0.571. The van der Waals surface area contributed by atoms with E-state index in [1.54, 1.807) is 24.3 Å². The Balaban J connectivity index is 2.00. The van der Waals surface area contributed by atoms with E-state index in [2.05, 4.69) is 16.7 Å². The molecule has 0 atom stereocenters. The van der Waals surface area contributed by atoms with Crippen LogP contribution in [0.15, 0.2) is 29.2 Å². The van der Waals surface area contributed by atoms with Gasteiger partial charge >= 0.3 is 0 Å². The summed E-state index contributed by atoms with van der Waals surface area (Å²) in [7, 11) is 0.0654. The van der Waals surface area contributed by atoms with Crippen molar-refractivity contribution in [2.45, 2.75) is 17.7 Å². The third-order valence-corrected chi connectivity index (χ3v) is 5.22. The molecular weight excluding hydrogens is 276 g/mol. The largest absolute Gasteiger partial charge is 0.495 e. The summed E-state index contributed by atoms with van der Waals surface area (Å²) >= 11 is 0. The molecule has 1 aliphatic rings. The van der Waals surface area contributed by atoms with E-state index in [9.17, 15) is 8.42 Å². The Morgan fingerprint density at radius 2 is 1.95 bits per heavy atom. The lowest BCUT2D eigenvalue weighted by Gasteiger charge is -2.28. The molecule has 1 saturated heterocycles.